The van der Waals surface area contributed by atoms with Crippen LogP contribution in [0, 0.1) is 11.3 Å². The Morgan fingerprint density at radius 2 is 1.47 bits per heavy atom. The van der Waals surface area contributed by atoms with Crippen molar-refractivity contribution in [1.29, 1.82) is 0 Å². The summed E-state index contributed by atoms with van der Waals surface area (Å²) in [5.74, 6) is 0.978. The average molecular weight is 209 g/mol. The lowest BCUT2D eigenvalue weighted by Crippen LogP contribution is -2.39. The first-order valence-electron chi connectivity index (χ1n) is 6.92. The minimum Gasteiger partial charge on any atom is -0.313 e. The van der Waals surface area contributed by atoms with Gasteiger partial charge in [0.2, 0.25) is 0 Å². The van der Waals surface area contributed by atoms with E-state index in [1.54, 1.807) is 0 Å². The quantitative estimate of drug-likeness (QED) is 0.744. The zero-order valence-electron chi connectivity index (χ0n) is 10.5. The van der Waals surface area contributed by atoms with E-state index < -0.39 is 0 Å². The molecule has 2 saturated carbocycles. The van der Waals surface area contributed by atoms with Crippen LogP contribution in [0.2, 0.25) is 0 Å². The summed E-state index contributed by atoms with van der Waals surface area (Å²) in [6.07, 6.45) is 11.6. The summed E-state index contributed by atoms with van der Waals surface area (Å²) in [4.78, 5) is 0. The summed E-state index contributed by atoms with van der Waals surface area (Å²) in [6.45, 7) is 6.16. The maximum atomic E-state index is 3.80. The molecule has 0 heterocycles. The number of rotatable bonds is 4. The fourth-order valence-electron chi connectivity index (χ4n) is 3.39. The Morgan fingerprint density at radius 3 is 2.07 bits per heavy atom. The summed E-state index contributed by atoms with van der Waals surface area (Å²) in [5.41, 5.74) is 0.527. The van der Waals surface area contributed by atoms with E-state index in [4.69, 9.17) is 0 Å². The molecule has 1 nitrogen and oxygen atoms in total. The molecule has 0 aromatic carbocycles. The van der Waals surface area contributed by atoms with Crippen LogP contribution in [0.25, 0.3) is 0 Å². The monoisotopic (exact) mass is 209 g/mol. The molecule has 0 aromatic heterocycles. The van der Waals surface area contributed by atoms with Crippen LogP contribution in [0.15, 0.2) is 0 Å². The highest BCUT2D eigenvalue weighted by molar-refractivity contribution is 4.86. The smallest absolute Gasteiger partial charge is 0.00672 e. The lowest BCUT2D eigenvalue weighted by molar-refractivity contribution is 0.200. The zero-order chi connectivity index (χ0) is 10.7. The Bertz CT molecular complexity index is 186. The van der Waals surface area contributed by atoms with Crippen molar-refractivity contribution in [3.05, 3.63) is 0 Å². The molecule has 0 saturated heterocycles. The van der Waals surface area contributed by atoms with Crippen molar-refractivity contribution in [2.45, 2.75) is 71.3 Å². The molecule has 2 rings (SSSR count). The van der Waals surface area contributed by atoms with E-state index in [1.807, 2.05) is 0 Å². The van der Waals surface area contributed by atoms with Crippen molar-refractivity contribution in [3.63, 3.8) is 0 Å². The third-order valence-electron chi connectivity index (χ3n) is 4.66. The van der Waals surface area contributed by atoms with Gasteiger partial charge in [-0.1, -0.05) is 39.5 Å². The molecule has 2 aliphatic carbocycles. The standard InChI is InChI=1S/C14H27N/c1-14(2,12-7-3-4-8-12)11-15-13-9-5-6-10-13/h12-13,15H,3-11H2,1-2H3. The maximum absolute atomic E-state index is 3.80. The fourth-order valence-corrected chi connectivity index (χ4v) is 3.39. The van der Waals surface area contributed by atoms with E-state index in [-0.39, 0.29) is 0 Å². The van der Waals surface area contributed by atoms with Crippen LogP contribution >= 0.6 is 0 Å². The lowest BCUT2D eigenvalue weighted by Gasteiger charge is -2.33. The molecule has 0 unspecified atom stereocenters. The first kappa shape index (κ1) is 11.4. The summed E-state index contributed by atoms with van der Waals surface area (Å²) in [6, 6.07) is 0.839. The van der Waals surface area contributed by atoms with Gasteiger partial charge >= 0.3 is 0 Å². The molecule has 0 radical (unpaired) electrons. The van der Waals surface area contributed by atoms with Crippen LogP contribution in [0.4, 0.5) is 0 Å². The highest BCUT2D eigenvalue weighted by atomic mass is 14.9. The first-order valence-corrected chi connectivity index (χ1v) is 6.92. The van der Waals surface area contributed by atoms with Gasteiger partial charge in [0.1, 0.15) is 0 Å². The maximum Gasteiger partial charge on any atom is 0.00672 e. The first-order chi connectivity index (χ1) is 7.18. The molecule has 1 N–H and O–H groups in total. The predicted molar refractivity (Wildman–Crippen MR) is 66.0 cm³/mol. The van der Waals surface area contributed by atoms with Gasteiger partial charge < -0.3 is 5.32 Å². The Labute approximate surface area is 95.0 Å². The summed E-state index contributed by atoms with van der Waals surface area (Å²) in [7, 11) is 0. The summed E-state index contributed by atoms with van der Waals surface area (Å²) in [5, 5.41) is 3.80. The van der Waals surface area contributed by atoms with Crippen LogP contribution in [0.5, 0.6) is 0 Å². The molecular formula is C14H27N. The van der Waals surface area contributed by atoms with Crippen LogP contribution in [-0.4, -0.2) is 12.6 Å². The minimum atomic E-state index is 0.527. The molecule has 0 bridgehead atoms. The molecular weight excluding hydrogens is 182 g/mol. The fraction of sp³-hybridized carbons (Fsp3) is 1.00. The SMILES string of the molecule is CC(C)(CNC1CCCC1)C1CCCC1. The third kappa shape index (κ3) is 2.96. The molecule has 2 fully saturated rings. The Kier molecular flexibility index (Phi) is 3.71. The van der Waals surface area contributed by atoms with Gasteiger partial charge in [0.05, 0.1) is 0 Å². The van der Waals surface area contributed by atoms with Crippen LogP contribution in [-0.2, 0) is 0 Å². The topological polar surface area (TPSA) is 12.0 Å². The molecule has 15 heavy (non-hydrogen) atoms. The van der Waals surface area contributed by atoms with Gasteiger partial charge in [-0.2, -0.15) is 0 Å². The van der Waals surface area contributed by atoms with Gasteiger partial charge in [0.25, 0.3) is 0 Å². The van der Waals surface area contributed by atoms with E-state index in [0.29, 0.717) is 5.41 Å². The Balaban J connectivity index is 1.75. The largest absolute Gasteiger partial charge is 0.313 e. The molecule has 0 atom stereocenters. The van der Waals surface area contributed by atoms with Crippen molar-refractivity contribution in [3.8, 4) is 0 Å². The van der Waals surface area contributed by atoms with Crippen LogP contribution < -0.4 is 5.32 Å². The van der Waals surface area contributed by atoms with E-state index in [0.717, 1.165) is 12.0 Å². The molecule has 0 spiro atoms. The van der Waals surface area contributed by atoms with Crippen molar-refractivity contribution in [1.82, 2.24) is 5.32 Å². The molecule has 88 valence electrons. The molecule has 0 amide bonds. The van der Waals surface area contributed by atoms with E-state index >= 15 is 0 Å². The molecule has 1 heteroatoms. The number of hydrogen-bond donors (Lipinski definition) is 1. The van der Waals surface area contributed by atoms with Gasteiger partial charge in [-0.3, -0.25) is 0 Å². The predicted octanol–water partition coefficient (Wildman–Crippen LogP) is 3.74. The second-order valence-electron chi connectivity index (χ2n) is 6.33. The highest BCUT2D eigenvalue weighted by Gasteiger charge is 2.32. The van der Waals surface area contributed by atoms with Crippen molar-refractivity contribution < 1.29 is 0 Å². The van der Waals surface area contributed by atoms with Crippen LogP contribution in [0.1, 0.15) is 65.2 Å². The van der Waals surface area contributed by atoms with Crippen LogP contribution in [0.3, 0.4) is 0 Å². The Hall–Kier alpha value is -0.0400. The number of hydrogen-bond acceptors (Lipinski definition) is 1. The van der Waals surface area contributed by atoms with E-state index in [1.165, 1.54) is 57.9 Å². The highest BCUT2D eigenvalue weighted by Crippen LogP contribution is 2.39. The van der Waals surface area contributed by atoms with Gasteiger partial charge in [0, 0.05) is 12.6 Å². The van der Waals surface area contributed by atoms with Gasteiger partial charge in [-0.25, -0.2) is 0 Å². The summed E-state index contributed by atoms with van der Waals surface area (Å²) < 4.78 is 0. The lowest BCUT2D eigenvalue weighted by atomic mass is 9.77. The van der Waals surface area contributed by atoms with E-state index in [9.17, 15) is 0 Å². The summed E-state index contributed by atoms with van der Waals surface area (Å²) >= 11 is 0. The van der Waals surface area contributed by atoms with Crippen molar-refractivity contribution >= 4 is 0 Å². The van der Waals surface area contributed by atoms with Gasteiger partial charge in [-0.15, -0.1) is 0 Å². The number of nitrogens with one attached hydrogen (secondary N) is 1. The van der Waals surface area contributed by atoms with E-state index in [2.05, 4.69) is 19.2 Å². The molecule has 0 aromatic rings. The van der Waals surface area contributed by atoms with Crippen molar-refractivity contribution in [2.24, 2.45) is 11.3 Å². The average Bonchev–Trinajstić information content (AvgIpc) is 2.88. The normalized spacial score (nSPS) is 25.2. The second kappa shape index (κ2) is 4.86. The third-order valence-corrected chi connectivity index (χ3v) is 4.66. The Morgan fingerprint density at radius 1 is 0.933 bits per heavy atom. The molecule has 0 aliphatic heterocycles. The van der Waals surface area contributed by atoms with Crippen molar-refractivity contribution in [2.75, 3.05) is 6.54 Å². The van der Waals surface area contributed by atoms with Gasteiger partial charge in [0.15, 0.2) is 0 Å². The second-order valence-corrected chi connectivity index (χ2v) is 6.33. The minimum absolute atomic E-state index is 0.527. The van der Waals surface area contributed by atoms with Gasteiger partial charge in [-0.05, 0) is 37.0 Å². The molecule has 2 aliphatic rings. The zero-order valence-corrected chi connectivity index (χ0v) is 10.5.